The number of aromatic amines is 1. The molecule has 0 amide bonds. The van der Waals surface area contributed by atoms with Crippen LogP contribution in [0.25, 0.3) is 22.0 Å². The number of hydrogen-bond donors (Lipinski definition) is 2. The fourth-order valence-electron chi connectivity index (χ4n) is 2.24. The summed E-state index contributed by atoms with van der Waals surface area (Å²) in [6.07, 6.45) is 0. The van der Waals surface area contributed by atoms with Gasteiger partial charge in [0.15, 0.2) is 0 Å². The molecule has 0 bridgehead atoms. The molecular weight excluding hydrogens is 254 g/mol. The average Bonchev–Trinajstić information content (AvgIpc) is 2.41. The summed E-state index contributed by atoms with van der Waals surface area (Å²) >= 11 is 4.27. The third-order valence-corrected chi connectivity index (χ3v) is 3.58. The zero-order chi connectivity index (χ0) is 13.4. The summed E-state index contributed by atoms with van der Waals surface area (Å²) in [6, 6.07) is 15.5. The van der Waals surface area contributed by atoms with Crippen LogP contribution >= 0.6 is 12.6 Å². The molecule has 0 aliphatic carbocycles. The summed E-state index contributed by atoms with van der Waals surface area (Å²) in [5.41, 5.74) is 2.88. The van der Waals surface area contributed by atoms with Crippen molar-refractivity contribution in [3.05, 3.63) is 64.4 Å². The number of H-pyrrole nitrogens is 1. The Morgan fingerprint density at radius 1 is 1.00 bits per heavy atom. The van der Waals surface area contributed by atoms with Crippen molar-refractivity contribution in [1.82, 2.24) is 4.98 Å². The lowest BCUT2D eigenvalue weighted by atomic mass is 10.0. The largest absolute Gasteiger partial charge is 0.321 e. The van der Waals surface area contributed by atoms with Gasteiger partial charge in [-0.1, -0.05) is 24.3 Å². The molecule has 94 valence electrons. The first-order valence-corrected chi connectivity index (χ1v) is 6.52. The second kappa shape index (κ2) is 4.59. The van der Waals surface area contributed by atoms with E-state index in [1.807, 2.05) is 55.5 Å². The van der Waals surface area contributed by atoms with Gasteiger partial charge in [-0.2, -0.15) is 0 Å². The van der Waals surface area contributed by atoms with Crippen LogP contribution in [-0.4, -0.2) is 4.98 Å². The molecule has 3 aromatic rings. The minimum Gasteiger partial charge on any atom is -0.321 e. The second-order valence-corrected chi connectivity index (χ2v) is 5.11. The van der Waals surface area contributed by atoms with Crippen LogP contribution in [0.3, 0.4) is 0 Å². The predicted octanol–water partition coefficient (Wildman–Crippen LogP) is 3.79. The van der Waals surface area contributed by atoms with Crippen molar-refractivity contribution in [2.45, 2.75) is 11.8 Å². The first-order chi connectivity index (χ1) is 9.15. The van der Waals surface area contributed by atoms with Crippen molar-refractivity contribution in [3.8, 4) is 11.3 Å². The zero-order valence-corrected chi connectivity index (χ0v) is 11.4. The van der Waals surface area contributed by atoms with Crippen molar-refractivity contribution in [1.29, 1.82) is 0 Å². The summed E-state index contributed by atoms with van der Waals surface area (Å²) in [6.45, 7) is 2.02. The number of aryl methyl sites for hydroxylation is 1. The summed E-state index contributed by atoms with van der Waals surface area (Å²) in [5.74, 6) is 0. The highest BCUT2D eigenvalue weighted by molar-refractivity contribution is 7.80. The van der Waals surface area contributed by atoms with E-state index in [0.717, 1.165) is 32.5 Å². The molecule has 0 aliphatic rings. The molecule has 0 unspecified atom stereocenters. The van der Waals surface area contributed by atoms with Crippen LogP contribution in [0.5, 0.6) is 0 Å². The number of thiol groups is 1. The molecule has 1 heterocycles. The quantitative estimate of drug-likeness (QED) is 0.646. The van der Waals surface area contributed by atoms with Gasteiger partial charge < -0.3 is 4.98 Å². The Labute approximate surface area is 116 Å². The molecule has 19 heavy (non-hydrogen) atoms. The third kappa shape index (κ3) is 2.17. The Balaban J connectivity index is 2.29. The SMILES string of the molecule is Cc1cccc2c(=O)[nH]c(-c3ccc(S)cc3)cc12. The molecule has 2 nitrogen and oxygen atoms in total. The molecule has 3 rings (SSSR count). The maximum Gasteiger partial charge on any atom is 0.256 e. The van der Waals surface area contributed by atoms with Crippen molar-refractivity contribution in [3.63, 3.8) is 0 Å². The maximum absolute atomic E-state index is 12.1. The Hall–Kier alpha value is -2.00. The Morgan fingerprint density at radius 2 is 1.74 bits per heavy atom. The van der Waals surface area contributed by atoms with E-state index >= 15 is 0 Å². The van der Waals surface area contributed by atoms with Crippen LogP contribution in [-0.2, 0) is 0 Å². The number of benzene rings is 2. The summed E-state index contributed by atoms with van der Waals surface area (Å²) in [5, 5.41) is 1.73. The molecule has 0 saturated carbocycles. The Kier molecular flexibility index (Phi) is 2.91. The van der Waals surface area contributed by atoms with Crippen LogP contribution in [0.15, 0.2) is 58.2 Å². The normalized spacial score (nSPS) is 10.8. The molecular formula is C16H13NOS. The number of fused-ring (bicyclic) bond motifs is 1. The maximum atomic E-state index is 12.1. The van der Waals surface area contributed by atoms with E-state index in [-0.39, 0.29) is 5.56 Å². The minimum absolute atomic E-state index is 0.0499. The topological polar surface area (TPSA) is 32.9 Å². The van der Waals surface area contributed by atoms with Gasteiger partial charge in [0.2, 0.25) is 0 Å². The highest BCUT2D eigenvalue weighted by atomic mass is 32.1. The second-order valence-electron chi connectivity index (χ2n) is 4.60. The van der Waals surface area contributed by atoms with E-state index in [9.17, 15) is 4.79 Å². The molecule has 2 aromatic carbocycles. The summed E-state index contributed by atoms with van der Waals surface area (Å²) < 4.78 is 0. The van der Waals surface area contributed by atoms with E-state index in [2.05, 4.69) is 17.6 Å². The number of pyridine rings is 1. The zero-order valence-electron chi connectivity index (χ0n) is 10.5. The fraction of sp³-hybridized carbons (Fsp3) is 0.0625. The summed E-state index contributed by atoms with van der Waals surface area (Å²) in [4.78, 5) is 16.0. The number of hydrogen-bond acceptors (Lipinski definition) is 2. The molecule has 1 aromatic heterocycles. The van der Waals surface area contributed by atoms with Crippen LogP contribution in [0, 0.1) is 6.92 Å². The Bertz CT molecular complexity index is 803. The van der Waals surface area contributed by atoms with Crippen molar-refractivity contribution < 1.29 is 0 Å². The van der Waals surface area contributed by atoms with E-state index < -0.39 is 0 Å². The monoisotopic (exact) mass is 267 g/mol. The average molecular weight is 267 g/mol. The highest BCUT2D eigenvalue weighted by Crippen LogP contribution is 2.22. The van der Waals surface area contributed by atoms with Crippen molar-refractivity contribution in [2.75, 3.05) is 0 Å². The minimum atomic E-state index is -0.0499. The smallest absolute Gasteiger partial charge is 0.256 e. The van der Waals surface area contributed by atoms with E-state index in [1.165, 1.54) is 0 Å². The van der Waals surface area contributed by atoms with Gasteiger partial charge in [-0.25, -0.2) is 0 Å². The van der Waals surface area contributed by atoms with Crippen LogP contribution in [0.2, 0.25) is 0 Å². The number of rotatable bonds is 1. The van der Waals surface area contributed by atoms with E-state index in [1.54, 1.807) is 0 Å². The predicted molar refractivity (Wildman–Crippen MR) is 82.0 cm³/mol. The lowest BCUT2D eigenvalue weighted by Crippen LogP contribution is -2.07. The third-order valence-electron chi connectivity index (χ3n) is 3.28. The number of aromatic nitrogens is 1. The molecule has 0 atom stereocenters. The summed E-state index contributed by atoms with van der Waals surface area (Å²) in [7, 11) is 0. The standard InChI is InChI=1S/C16H13NOS/c1-10-3-2-4-13-14(10)9-15(17-16(13)18)11-5-7-12(19)8-6-11/h2-9,19H,1H3,(H,17,18). The van der Waals surface area contributed by atoms with Gasteiger partial charge in [-0.15, -0.1) is 12.6 Å². The molecule has 0 fully saturated rings. The van der Waals surface area contributed by atoms with Gasteiger partial charge in [0.25, 0.3) is 5.56 Å². The number of nitrogens with one attached hydrogen (secondary N) is 1. The van der Waals surface area contributed by atoms with Gasteiger partial charge in [-0.3, -0.25) is 4.79 Å². The van der Waals surface area contributed by atoms with Gasteiger partial charge in [-0.05, 0) is 47.7 Å². The van der Waals surface area contributed by atoms with Gasteiger partial charge in [0.1, 0.15) is 0 Å². The molecule has 0 aliphatic heterocycles. The van der Waals surface area contributed by atoms with E-state index in [0.29, 0.717) is 0 Å². The van der Waals surface area contributed by atoms with Gasteiger partial charge >= 0.3 is 0 Å². The molecule has 1 N–H and O–H groups in total. The molecule has 0 spiro atoms. The molecule has 0 radical (unpaired) electrons. The van der Waals surface area contributed by atoms with Crippen LogP contribution in [0.4, 0.5) is 0 Å². The van der Waals surface area contributed by atoms with E-state index in [4.69, 9.17) is 0 Å². The lowest BCUT2D eigenvalue weighted by Gasteiger charge is -2.06. The van der Waals surface area contributed by atoms with Crippen LogP contribution < -0.4 is 5.56 Å². The Morgan fingerprint density at radius 3 is 2.47 bits per heavy atom. The van der Waals surface area contributed by atoms with Crippen molar-refractivity contribution in [2.24, 2.45) is 0 Å². The first-order valence-electron chi connectivity index (χ1n) is 6.07. The van der Waals surface area contributed by atoms with Crippen LogP contribution in [0.1, 0.15) is 5.56 Å². The lowest BCUT2D eigenvalue weighted by molar-refractivity contribution is 1.27. The highest BCUT2D eigenvalue weighted by Gasteiger charge is 2.05. The molecule has 0 saturated heterocycles. The first kappa shape index (κ1) is 12.1. The van der Waals surface area contributed by atoms with Gasteiger partial charge in [0.05, 0.1) is 0 Å². The van der Waals surface area contributed by atoms with Crippen molar-refractivity contribution >= 4 is 23.4 Å². The van der Waals surface area contributed by atoms with Gasteiger partial charge in [0, 0.05) is 16.0 Å². The fourth-order valence-corrected chi connectivity index (χ4v) is 2.39. The molecule has 3 heteroatoms.